The molecule has 0 fully saturated rings. The van der Waals surface area contributed by atoms with Crippen molar-refractivity contribution in [2.45, 2.75) is 52.4 Å². The van der Waals surface area contributed by atoms with E-state index in [1.54, 1.807) is 36.1 Å². The van der Waals surface area contributed by atoms with Gasteiger partial charge >= 0.3 is 18.1 Å². The number of ketones is 1. The number of carbonyl (C=O) groups excluding carboxylic acids is 4. The number of amides is 1. The van der Waals surface area contributed by atoms with E-state index in [0.717, 1.165) is 11.1 Å². The molecule has 0 bridgehead atoms. The molecule has 1 aliphatic heterocycles. The number of halogens is 3. The summed E-state index contributed by atoms with van der Waals surface area (Å²) in [6.45, 7) is 6.86. The number of Topliss-reactive ketones (excluding diaryl/α,β-unsaturated/α-hetero) is 1. The zero-order chi connectivity index (χ0) is 31.4. The van der Waals surface area contributed by atoms with Gasteiger partial charge in [-0.25, -0.2) is 9.59 Å². The third-order valence-corrected chi connectivity index (χ3v) is 6.35. The number of fused-ring (bicyclic) bond motifs is 1. The normalized spacial score (nSPS) is 13.0. The van der Waals surface area contributed by atoms with Crippen molar-refractivity contribution in [3.63, 3.8) is 0 Å². The fraction of sp³-hybridized carbons (Fsp3) is 0.414. The molecule has 226 valence electrons. The van der Waals surface area contributed by atoms with Crippen molar-refractivity contribution in [2.75, 3.05) is 26.8 Å². The van der Waals surface area contributed by atoms with Crippen molar-refractivity contribution in [3.8, 4) is 5.75 Å². The molecular formula is C29H32F3N3O7. The van der Waals surface area contributed by atoms with E-state index in [4.69, 9.17) is 14.9 Å². The van der Waals surface area contributed by atoms with E-state index in [9.17, 15) is 32.3 Å². The van der Waals surface area contributed by atoms with Crippen LogP contribution in [-0.2, 0) is 37.6 Å². The van der Waals surface area contributed by atoms with Gasteiger partial charge in [-0.2, -0.15) is 13.2 Å². The van der Waals surface area contributed by atoms with Crippen LogP contribution in [0.25, 0.3) is 0 Å². The van der Waals surface area contributed by atoms with E-state index in [1.165, 1.54) is 13.1 Å². The zero-order valence-corrected chi connectivity index (χ0v) is 23.9. The standard InChI is InChI=1S/C29H32F3N3O7/c1-6-41-23-10-18-12-35(25(33)20(18)11-21(23)26(38)34-5)13-22(36)17-7-16(8-19(9-17)28(2,3)4)14-40-15-24(37)42-27(39)29(30,31)32/h7-11,33H,6,12-15H2,1-5H3,(H,34,38). The van der Waals surface area contributed by atoms with Crippen LogP contribution >= 0.6 is 0 Å². The van der Waals surface area contributed by atoms with Gasteiger partial charge in [-0.1, -0.05) is 26.8 Å². The molecule has 0 spiro atoms. The molecule has 2 aromatic rings. The van der Waals surface area contributed by atoms with Crippen LogP contribution in [0.5, 0.6) is 5.75 Å². The van der Waals surface area contributed by atoms with Crippen LogP contribution < -0.4 is 10.1 Å². The van der Waals surface area contributed by atoms with Crippen LogP contribution in [0.1, 0.15) is 70.7 Å². The Bertz CT molecular complexity index is 1410. The number of rotatable bonds is 10. The third kappa shape index (κ3) is 7.72. The minimum absolute atomic E-state index is 0.0778. The number of carbonyl (C=O) groups is 4. The molecule has 0 saturated heterocycles. The van der Waals surface area contributed by atoms with Crippen LogP contribution in [0.3, 0.4) is 0 Å². The average molecular weight is 592 g/mol. The molecular weight excluding hydrogens is 559 g/mol. The summed E-state index contributed by atoms with van der Waals surface area (Å²) in [5.41, 5.74) is 2.67. The molecule has 0 aromatic heterocycles. The summed E-state index contributed by atoms with van der Waals surface area (Å²) in [4.78, 5) is 49.8. The fourth-order valence-electron chi connectivity index (χ4n) is 4.23. The Morgan fingerprint density at radius 3 is 2.33 bits per heavy atom. The van der Waals surface area contributed by atoms with E-state index >= 15 is 0 Å². The van der Waals surface area contributed by atoms with E-state index in [-0.39, 0.29) is 42.8 Å². The molecule has 2 N–H and O–H groups in total. The van der Waals surface area contributed by atoms with Crippen molar-refractivity contribution in [3.05, 3.63) is 63.7 Å². The van der Waals surface area contributed by atoms with Crippen molar-refractivity contribution in [1.29, 1.82) is 5.41 Å². The number of benzene rings is 2. The summed E-state index contributed by atoms with van der Waals surface area (Å²) in [6.07, 6.45) is -5.31. The predicted molar refractivity (Wildman–Crippen MR) is 145 cm³/mol. The first-order valence-electron chi connectivity index (χ1n) is 13.0. The van der Waals surface area contributed by atoms with Gasteiger partial charge < -0.3 is 24.4 Å². The van der Waals surface area contributed by atoms with Crippen LogP contribution in [0, 0.1) is 5.41 Å². The minimum Gasteiger partial charge on any atom is -0.493 e. The maximum absolute atomic E-state index is 13.4. The largest absolute Gasteiger partial charge is 0.493 e. The molecule has 0 atom stereocenters. The number of amidine groups is 1. The topological polar surface area (TPSA) is 135 Å². The Morgan fingerprint density at radius 2 is 1.74 bits per heavy atom. The van der Waals surface area contributed by atoms with Crippen molar-refractivity contribution in [1.82, 2.24) is 10.2 Å². The Morgan fingerprint density at radius 1 is 1.05 bits per heavy atom. The number of hydrogen-bond donors (Lipinski definition) is 2. The van der Waals surface area contributed by atoms with Crippen molar-refractivity contribution < 1.29 is 46.6 Å². The second-order valence-corrected chi connectivity index (χ2v) is 10.6. The lowest BCUT2D eigenvalue weighted by molar-refractivity contribution is -0.203. The fourth-order valence-corrected chi connectivity index (χ4v) is 4.23. The van der Waals surface area contributed by atoms with Gasteiger partial charge in [0.15, 0.2) is 5.78 Å². The first kappa shape index (κ1) is 32.3. The highest BCUT2D eigenvalue weighted by molar-refractivity contribution is 6.07. The number of hydrogen-bond acceptors (Lipinski definition) is 8. The second kappa shape index (κ2) is 12.7. The summed E-state index contributed by atoms with van der Waals surface area (Å²) >= 11 is 0. The Hall–Kier alpha value is -4.26. The Kier molecular flexibility index (Phi) is 9.77. The van der Waals surface area contributed by atoms with E-state index in [1.807, 2.05) is 20.8 Å². The molecule has 42 heavy (non-hydrogen) atoms. The zero-order valence-electron chi connectivity index (χ0n) is 23.9. The molecule has 0 aliphatic carbocycles. The van der Waals surface area contributed by atoms with Gasteiger partial charge in [0, 0.05) is 24.7 Å². The summed E-state index contributed by atoms with van der Waals surface area (Å²) in [6, 6.07) is 8.27. The molecule has 1 aliphatic rings. The lowest BCUT2D eigenvalue weighted by Gasteiger charge is -2.22. The summed E-state index contributed by atoms with van der Waals surface area (Å²) in [7, 11) is 1.49. The smallest absolute Gasteiger partial charge is 0.491 e. The molecule has 1 amide bonds. The highest BCUT2D eigenvalue weighted by atomic mass is 19.4. The maximum Gasteiger partial charge on any atom is 0.491 e. The number of nitrogens with zero attached hydrogens (tertiary/aromatic N) is 1. The quantitative estimate of drug-likeness (QED) is 0.241. The van der Waals surface area contributed by atoms with E-state index < -0.39 is 30.1 Å². The van der Waals surface area contributed by atoms with Crippen molar-refractivity contribution in [2.24, 2.45) is 0 Å². The van der Waals surface area contributed by atoms with Crippen LogP contribution in [-0.4, -0.2) is 67.3 Å². The second-order valence-electron chi connectivity index (χ2n) is 10.6. The number of esters is 2. The Balaban J connectivity index is 1.77. The molecule has 1 heterocycles. The summed E-state index contributed by atoms with van der Waals surface area (Å²) in [5, 5.41) is 11.2. The van der Waals surface area contributed by atoms with Gasteiger partial charge in [0.2, 0.25) is 0 Å². The predicted octanol–water partition coefficient (Wildman–Crippen LogP) is 3.91. The molecule has 13 heteroatoms. The van der Waals surface area contributed by atoms with Gasteiger partial charge in [-0.05, 0) is 53.3 Å². The Labute approximate surface area is 240 Å². The summed E-state index contributed by atoms with van der Waals surface area (Å²) in [5.74, 6) is -4.35. The van der Waals surface area contributed by atoms with Gasteiger partial charge in [0.05, 0.1) is 25.3 Å². The number of nitrogens with one attached hydrogen (secondary N) is 2. The lowest BCUT2D eigenvalue weighted by atomic mass is 9.84. The van der Waals surface area contributed by atoms with Crippen LogP contribution in [0.2, 0.25) is 0 Å². The van der Waals surface area contributed by atoms with Gasteiger partial charge in [-0.15, -0.1) is 0 Å². The van der Waals surface area contributed by atoms with Crippen molar-refractivity contribution >= 4 is 29.5 Å². The maximum atomic E-state index is 13.4. The monoisotopic (exact) mass is 591 g/mol. The highest BCUT2D eigenvalue weighted by Crippen LogP contribution is 2.31. The van der Waals surface area contributed by atoms with Gasteiger partial charge in [0.1, 0.15) is 18.2 Å². The van der Waals surface area contributed by atoms with E-state index in [2.05, 4.69) is 10.1 Å². The molecule has 10 nitrogen and oxygen atoms in total. The van der Waals surface area contributed by atoms with E-state index in [0.29, 0.717) is 29.0 Å². The molecule has 3 rings (SSSR count). The minimum atomic E-state index is -5.31. The van der Waals surface area contributed by atoms with Crippen LogP contribution in [0.15, 0.2) is 30.3 Å². The SMILES string of the molecule is CCOc1cc2c(cc1C(=O)NC)C(=N)N(CC(=O)c1cc(COCC(=O)OC(=O)C(F)(F)F)cc(C(C)(C)C)c1)C2. The molecule has 0 unspecified atom stereocenters. The molecule has 0 radical (unpaired) electrons. The average Bonchev–Trinajstić information content (AvgIpc) is 3.20. The van der Waals surface area contributed by atoms with Gasteiger partial charge in [-0.3, -0.25) is 15.0 Å². The first-order valence-corrected chi connectivity index (χ1v) is 13.0. The number of alkyl halides is 3. The van der Waals surface area contributed by atoms with Gasteiger partial charge in [0.25, 0.3) is 5.91 Å². The molecule has 0 saturated carbocycles. The van der Waals surface area contributed by atoms with Crippen LogP contribution in [0.4, 0.5) is 13.2 Å². The highest BCUT2D eigenvalue weighted by Gasteiger charge is 2.42. The third-order valence-electron chi connectivity index (χ3n) is 6.35. The summed E-state index contributed by atoms with van der Waals surface area (Å²) < 4.78 is 51.4. The first-order chi connectivity index (χ1) is 19.5. The molecule has 2 aromatic carbocycles. The number of ether oxygens (including phenoxy) is 3. The lowest BCUT2D eigenvalue weighted by Crippen LogP contribution is -2.30.